The van der Waals surface area contributed by atoms with Gasteiger partial charge in [-0.1, -0.05) is 24.3 Å². The molecule has 0 unspecified atom stereocenters. The summed E-state index contributed by atoms with van der Waals surface area (Å²) in [6.45, 7) is 5.21. The average Bonchev–Trinajstić information content (AvgIpc) is 2.72. The van der Waals surface area contributed by atoms with Crippen LogP contribution in [0.5, 0.6) is 0 Å². The molecule has 8 heteroatoms. The molecule has 2 aromatic rings. The minimum atomic E-state index is -0.243. The molecule has 0 radical (unpaired) electrons. The highest BCUT2D eigenvalue weighted by Crippen LogP contribution is 2.09. The van der Waals surface area contributed by atoms with Gasteiger partial charge in [-0.25, -0.2) is 9.38 Å². The predicted molar refractivity (Wildman–Crippen MR) is 135 cm³/mol. The number of nitrogens with zero attached hydrogens (tertiary/aromatic N) is 3. The van der Waals surface area contributed by atoms with Crippen molar-refractivity contribution in [3.63, 3.8) is 0 Å². The molecule has 0 bridgehead atoms. The molecule has 0 aliphatic carbocycles. The summed E-state index contributed by atoms with van der Waals surface area (Å²) in [5.74, 6) is 0.429. The van der Waals surface area contributed by atoms with Gasteiger partial charge < -0.3 is 20.4 Å². The molecule has 2 N–H and O–H groups in total. The molecule has 2 rings (SSSR count). The average molecular weight is 541 g/mol. The Hall–Kier alpha value is -2.20. The van der Waals surface area contributed by atoms with Crippen molar-refractivity contribution < 1.29 is 9.18 Å². The fourth-order valence-electron chi connectivity index (χ4n) is 2.88. The molecule has 0 spiro atoms. The number of carbonyl (C=O) groups is 1. The van der Waals surface area contributed by atoms with Crippen LogP contribution >= 0.6 is 24.0 Å². The van der Waals surface area contributed by atoms with Crippen LogP contribution in [0.4, 0.5) is 4.39 Å². The van der Waals surface area contributed by atoms with Crippen LogP contribution in [-0.4, -0.2) is 62.4 Å². The molecule has 0 fully saturated rings. The third-order valence-electron chi connectivity index (χ3n) is 4.47. The van der Waals surface area contributed by atoms with Gasteiger partial charge >= 0.3 is 0 Å². The Morgan fingerprint density at radius 1 is 1.03 bits per heavy atom. The number of amides is 1. The monoisotopic (exact) mass is 541 g/mol. The summed E-state index contributed by atoms with van der Waals surface area (Å²) < 4.78 is 13.1. The first-order valence-corrected chi connectivity index (χ1v) is 10.1. The summed E-state index contributed by atoms with van der Waals surface area (Å²) in [6, 6.07) is 14.0. The zero-order chi connectivity index (χ0) is 21.9. The minimum absolute atomic E-state index is 0. The van der Waals surface area contributed by atoms with Crippen molar-refractivity contribution in [2.75, 3.05) is 40.8 Å². The van der Waals surface area contributed by atoms with Crippen molar-refractivity contribution in [3.05, 3.63) is 71.0 Å². The van der Waals surface area contributed by atoms with E-state index in [-0.39, 0.29) is 35.7 Å². The molecule has 0 atom stereocenters. The van der Waals surface area contributed by atoms with E-state index in [1.807, 2.05) is 62.1 Å². The second-order valence-electron chi connectivity index (χ2n) is 7.41. The molecule has 0 aromatic heterocycles. The van der Waals surface area contributed by atoms with E-state index in [1.54, 1.807) is 12.1 Å². The van der Waals surface area contributed by atoms with Gasteiger partial charge in [-0.05, 0) is 56.4 Å². The van der Waals surface area contributed by atoms with Crippen LogP contribution in [0.1, 0.15) is 28.4 Å². The van der Waals surface area contributed by atoms with Gasteiger partial charge in [0.2, 0.25) is 0 Å². The molecular weight excluding hydrogens is 508 g/mol. The lowest BCUT2D eigenvalue weighted by Crippen LogP contribution is -2.38. The van der Waals surface area contributed by atoms with Crippen LogP contribution in [0.3, 0.4) is 0 Å². The predicted octanol–water partition coefficient (Wildman–Crippen LogP) is 3.33. The maximum atomic E-state index is 13.1. The lowest BCUT2D eigenvalue weighted by molar-refractivity contribution is 0.0951. The first-order chi connectivity index (χ1) is 14.4. The Kier molecular flexibility index (Phi) is 12.1. The molecule has 31 heavy (non-hydrogen) atoms. The summed E-state index contributed by atoms with van der Waals surface area (Å²) in [7, 11) is 5.89. The van der Waals surface area contributed by atoms with E-state index < -0.39 is 0 Å². The number of guanidine groups is 1. The maximum absolute atomic E-state index is 13.1. The molecule has 0 saturated heterocycles. The van der Waals surface area contributed by atoms with Gasteiger partial charge in [0.05, 0.1) is 6.54 Å². The lowest BCUT2D eigenvalue weighted by Gasteiger charge is -2.22. The largest absolute Gasteiger partial charge is 0.357 e. The van der Waals surface area contributed by atoms with Crippen molar-refractivity contribution in [2.45, 2.75) is 20.0 Å². The van der Waals surface area contributed by atoms with Crippen molar-refractivity contribution in [1.29, 1.82) is 0 Å². The number of benzene rings is 2. The third kappa shape index (κ3) is 9.65. The quantitative estimate of drug-likeness (QED) is 0.291. The third-order valence-corrected chi connectivity index (χ3v) is 4.47. The Labute approximate surface area is 201 Å². The van der Waals surface area contributed by atoms with Crippen LogP contribution in [0.25, 0.3) is 0 Å². The highest BCUT2D eigenvalue weighted by atomic mass is 127. The molecule has 0 aliphatic heterocycles. The molecule has 0 saturated carbocycles. The number of hydrogen-bond donors (Lipinski definition) is 2. The normalized spacial score (nSPS) is 11.1. The lowest BCUT2D eigenvalue weighted by atomic mass is 10.1. The summed E-state index contributed by atoms with van der Waals surface area (Å²) in [5, 5.41) is 6.21. The van der Waals surface area contributed by atoms with E-state index in [0.29, 0.717) is 25.2 Å². The number of nitrogens with one attached hydrogen (secondary N) is 2. The molecule has 2 aromatic carbocycles. The van der Waals surface area contributed by atoms with Gasteiger partial charge in [0.15, 0.2) is 5.96 Å². The van der Waals surface area contributed by atoms with Gasteiger partial charge in [0.1, 0.15) is 5.82 Å². The molecule has 0 heterocycles. The van der Waals surface area contributed by atoms with Crippen molar-refractivity contribution >= 4 is 35.8 Å². The van der Waals surface area contributed by atoms with E-state index in [2.05, 4.69) is 10.6 Å². The van der Waals surface area contributed by atoms with E-state index in [1.165, 1.54) is 12.1 Å². The fraction of sp³-hybridized carbons (Fsp3) is 0.391. The molecule has 1 amide bonds. The van der Waals surface area contributed by atoms with Crippen molar-refractivity contribution in [3.8, 4) is 0 Å². The second-order valence-corrected chi connectivity index (χ2v) is 7.41. The first kappa shape index (κ1) is 26.8. The Balaban J connectivity index is 0.00000480. The SMILES string of the molecule is CCNC(=NCc1cccc(C(=O)NCCN(C)C)c1)N(C)Cc1ccc(F)cc1.I. The number of likely N-dealkylation sites (N-methyl/N-ethyl adjacent to an activating group) is 1. The highest BCUT2D eigenvalue weighted by Gasteiger charge is 2.09. The van der Waals surface area contributed by atoms with Crippen molar-refractivity contribution in [1.82, 2.24) is 20.4 Å². The van der Waals surface area contributed by atoms with Gasteiger partial charge in [-0.2, -0.15) is 0 Å². The van der Waals surface area contributed by atoms with E-state index in [4.69, 9.17) is 4.99 Å². The number of hydrogen-bond acceptors (Lipinski definition) is 3. The first-order valence-electron chi connectivity index (χ1n) is 10.1. The Morgan fingerprint density at radius 3 is 2.39 bits per heavy atom. The summed E-state index contributed by atoms with van der Waals surface area (Å²) >= 11 is 0. The molecule has 6 nitrogen and oxygen atoms in total. The molecule has 0 aliphatic rings. The smallest absolute Gasteiger partial charge is 0.251 e. The van der Waals surface area contributed by atoms with Crippen molar-refractivity contribution in [2.24, 2.45) is 4.99 Å². The summed E-state index contributed by atoms with van der Waals surface area (Å²) in [6.07, 6.45) is 0. The van der Waals surface area contributed by atoms with Gasteiger partial charge in [-0.15, -0.1) is 24.0 Å². The minimum Gasteiger partial charge on any atom is -0.357 e. The highest BCUT2D eigenvalue weighted by molar-refractivity contribution is 14.0. The number of rotatable bonds is 9. The number of aliphatic imine (C=N–C) groups is 1. The topological polar surface area (TPSA) is 60.0 Å². The summed E-state index contributed by atoms with van der Waals surface area (Å²) in [4.78, 5) is 21.1. The van der Waals surface area contributed by atoms with Crippen LogP contribution < -0.4 is 10.6 Å². The summed E-state index contributed by atoms with van der Waals surface area (Å²) in [5.41, 5.74) is 2.59. The number of carbonyl (C=O) groups excluding carboxylic acids is 1. The van der Waals surface area contributed by atoms with Crippen LogP contribution in [0.2, 0.25) is 0 Å². The number of halogens is 2. The zero-order valence-electron chi connectivity index (χ0n) is 18.7. The van der Waals surface area contributed by atoms with Gasteiger partial charge in [0.25, 0.3) is 5.91 Å². The van der Waals surface area contributed by atoms with E-state index in [0.717, 1.165) is 30.2 Å². The standard InChI is InChI=1S/C23H32FN5O.HI/c1-5-25-23(29(4)17-18-9-11-21(24)12-10-18)27-16-19-7-6-8-20(15-19)22(30)26-13-14-28(2)3;/h6-12,15H,5,13-14,16-17H2,1-4H3,(H,25,27)(H,26,30);1H. The molecular formula is C23H33FIN5O. The van der Waals surface area contributed by atoms with E-state index >= 15 is 0 Å². The van der Waals surface area contributed by atoms with Gasteiger partial charge in [-0.3, -0.25) is 4.79 Å². The van der Waals surface area contributed by atoms with Crippen LogP contribution in [0.15, 0.2) is 53.5 Å². The van der Waals surface area contributed by atoms with Gasteiger partial charge in [0, 0.05) is 38.8 Å². The fourth-order valence-corrected chi connectivity index (χ4v) is 2.88. The Bertz CT molecular complexity index is 842. The zero-order valence-corrected chi connectivity index (χ0v) is 21.0. The molecule has 170 valence electrons. The van der Waals surface area contributed by atoms with Crippen LogP contribution in [0, 0.1) is 5.82 Å². The van der Waals surface area contributed by atoms with E-state index in [9.17, 15) is 9.18 Å². The van der Waals surface area contributed by atoms with Crippen LogP contribution in [-0.2, 0) is 13.1 Å². The Morgan fingerprint density at radius 2 is 1.74 bits per heavy atom. The second kappa shape index (κ2) is 14.0. The maximum Gasteiger partial charge on any atom is 0.251 e.